The van der Waals surface area contributed by atoms with Gasteiger partial charge in [-0.3, -0.25) is 24.1 Å². The normalized spacial score (nSPS) is 24.1. The first-order valence-electron chi connectivity index (χ1n) is 10.3. The van der Waals surface area contributed by atoms with Gasteiger partial charge in [0.05, 0.1) is 11.2 Å². The fraction of sp³-hybridized carbons (Fsp3) is 0.364. The second-order valence-corrected chi connectivity index (χ2v) is 9.09. The second kappa shape index (κ2) is 7.88. The van der Waals surface area contributed by atoms with Gasteiger partial charge in [-0.25, -0.2) is 0 Å². The van der Waals surface area contributed by atoms with Gasteiger partial charge in [-0.2, -0.15) is 0 Å². The van der Waals surface area contributed by atoms with E-state index in [1.807, 2.05) is 15.5 Å². The molecule has 0 saturated carbocycles. The molecule has 3 aliphatic rings. The van der Waals surface area contributed by atoms with Gasteiger partial charge in [0.25, 0.3) is 16.7 Å². The number of piperidine rings is 1. The highest BCUT2D eigenvalue weighted by Crippen LogP contribution is 2.36. The number of carbonyl (C=O) groups is 3. The molecule has 2 bridgehead atoms. The molecule has 160 valence electrons. The van der Waals surface area contributed by atoms with Crippen molar-refractivity contribution in [3.05, 3.63) is 63.3 Å². The van der Waals surface area contributed by atoms with Crippen molar-refractivity contribution in [2.45, 2.75) is 25.3 Å². The second-order valence-electron chi connectivity index (χ2n) is 8.10. The summed E-state index contributed by atoms with van der Waals surface area (Å²) in [5.74, 6) is 0.404. The van der Waals surface area contributed by atoms with Crippen LogP contribution in [0.4, 0.5) is 4.79 Å². The summed E-state index contributed by atoms with van der Waals surface area (Å²) in [6, 6.07) is 8.71. The van der Waals surface area contributed by atoms with Crippen LogP contribution in [0.25, 0.3) is 6.08 Å². The van der Waals surface area contributed by atoms with Crippen molar-refractivity contribution in [3.63, 3.8) is 0 Å². The van der Waals surface area contributed by atoms with Gasteiger partial charge in [0.2, 0.25) is 5.91 Å². The number of carbonyl (C=O) groups excluding carboxylic acids is 3. The number of aromatic nitrogens is 1. The number of amides is 3. The van der Waals surface area contributed by atoms with E-state index in [1.54, 1.807) is 24.3 Å². The van der Waals surface area contributed by atoms with Gasteiger partial charge >= 0.3 is 0 Å². The third-order valence-corrected chi connectivity index (χ3v) is 6.98. The number of imide groups is 1. The van der Waals surface area contributed by atoms with Crippen LogP contribution in [-0.4, -0.2) is 51.1 Å². The van der Waals surface area contributed by atoms with Gasteiger partial charge in [0.1, 0.15) is 5.76 Å². The highest BCUT2D eigenvalue weighted by Gasteiger charge is 2.38. The van der Waals surface area contributed by atoms with Crippen molar-refractivity contribution in [1.29, 1.82) is 0 Å². The maximum absolute atomic E-state index is 12.9. The van der Waals surface area contributed by atoms with Crippen LogP contribution >= 0.6 is 11.8 Å². The molecule has 9 heteroatoms. The van der Waals surface area contributed by atoms with E-state index >= 15 is 0 Å². The number of rotatable bonds is 4. The zero-order chi connectivity index (χ0) is 21.5. The first-order chi connectivity index (χ1) is 15.0. The van der Waals surface area contributed by atoms with Crippen molar-refractivity contribution >= 4 is 34.9 Å². The van der Waals surface area contributed by atoms with E-state index in [4.69, 9.17) is 4.42 Å². The zero-order valence-electron chi connectivity index (χ0n) is 16.7. The Balaban J connectivity index is 1.23. The Kier molecular flexibility index (Phi) is 5.05. The predicted octanol–water partition coefficient (Wildman–Crippen LogP) is 2.51. The summed E-state index contributed by atoms with van der Waals surface area (Å²) in [5.41, 5.74) is 0.990. The molecule has 0 aromatic carbocycles. The lowest BCUT2D eigenvalue weighted by molar-refractivity contribution is -0.134. The van der Waals surface area contributed by atoms with Gasteiger partial charge in [-0.05, 0) is 42.3 Å². The van der Waals surface area contributed by atoms with Crippen LogP contribution in [-0.2, 0) is 16.1 Å². The van der Waals surface area contributed by atoms with Crippen molar-refractivity contribution in [3.8, 4) is 0 Å². The van der Waals surface area contributed by atoms with Gasteiger partial charge in [0, 0.05) is 56.4 Å². The highest BCUT2D eigenvalue weighted by molar-refractivity contribution is 8.18. The topological polar surface area (TPSA) is 92.8 Å². The smallest absolute Gasteiger partial charge is 0.293 e. The van der Waals surface area contributed by atoms with E-state index in [0.29, 0.717) is 30.3 Å². The molecule has 3 aliphatic heterocycles. The molecule has 2 atom stereocenters. The minimum atomic E-state index is -0.400. The zero-order valence-corrected chi connectivity index (χ0v) is 17.5. The summed E-state index contributed by atoms with van der Waals surface area (Å²) in [6.45, 7) is 1.83. The van der Waals surface area contributed by atoms with Crippen LogP contribution in [0.1, 0.15) is 30.2 Å². The molecule has 2 aromatic rings. The molecule has 3 amide bonds. The van der Waals surface area contributed by atoms with Crippen LogP contribution in [0.15, 0.2) is 50.7 Å². The number of furan rings is 1. The number of thioether (sulfide) groups is 1. The summed E-state index contributed by atoms with van der Waals surface area (Å²) < 4.78 is 7.03. The summed E-state index contributed by atoms with van der Waals surface area (Å²) in [4.78, 5) is 53.1. The Morgan fingerprint density at radius 1 is 1.13 bits per heavy atom. The van der Waals surface area contributed by atoms with E-state index < -0.39 is 5.91 Å². The van der Waals surface area contributed by atoms with Crippen LogP contribution in [0.3, 0.4) is 0 Å². The van der Waals surface area contributed by atoms with Crippen LogP contribution in [0.2, 0.25) is 0 Å². The number of hydrogen-bond acceptors (Lipinski definition) is 6. The first-order valence-corrected chi connectivity index (χ1v) is 11.1. The Labute approximate surface area is 182 Å². The van der Waals surface area contributed by atoms with E-state index in [9.17, 15) is 19.2 Å². The third kappa shape index (κ3) is 3.74. The Morgan fingerprint density at radius 2 is 2.00 bits per heavy atom. The number of nitrogens with zero attached hydrogens (tertiary/aromatic N) is 3. The standard InChI is InChI=1S/C22H21N3O5S/c26-19(6-7-24-21(28)18(31-22(24)29)10-16-3-2-8-30-16)23-11-14-9-15(13-23)17-4-1-5-20(27)25(17)12-14/h1-5,8,10,14-15H,6-7,9,11-13H2. The SMILES string of the molecule is O=C(CCN1C(=O)SC(=Cc2ccco2)C1=O)N1CC2CC(C1)c1cccc(=O)n1C2. The predicted molar refractivity (Wildman–Crippen MR) is 114 cm³/mol. The minimum Gasteiger partial charge on any atom is -0.465 e. The maximum Gasteiger partial charge on any atom is 0.293 e. The van der Waals surface area contributed by atoms with E-state index in [1.165, 1.54) is 12.3 Å². The summed E-state index contributed by atoms with van der Waals surface area (Å²) in [5, 5.41) is -0.376. The van der Waals surface area contributed by atoms with Crippen molar-refractivity contribution in [1.82, 2.24) is 14.4 Å². The number of hydrogen-bond donors (Lipinski definition) is 0. The number of fused-ring (bicyclic) bond motifs is 4. The molecule has 5 rings (SSSR count). The minimum absolute atomic E-state index is 0.00828. The summed E-state index contributed by atoms with van der Waals surface area (Å²) >= 11 is 0.856. The molecule has 0 radical (unpaired) electrons. The highest BCUT2D eigenvalue weighted by atomic mass is 32.2. The van der Waals surface area contributed by atoms with Crippen LogP contribution < -0.4 is 5.56 Å². The monoisotopic (exact) mass is 439 g/mol. The Hall–Kier alpha value is -3.07. The number of likely N-dealkylation sites (tertiary alicyclic amines) is 1. The summed E-state index contributed by atoms with van der Waals surface area (Å²) in [6.07, 6.45) is 4.09. The Morgan fingerprint density at radius 3 is 2.81 bits per heavy atom. The van der Waals surface area contributed by atoms with Gasteiger partial charge < -0.3 is 13.9 Å². The Bertz CT molecular complexity index is 1140. The molecular weight excluding hydrogens is 418 g/mol. The third-order valence-electron chi connectivity index (χ3n) is 6.07. The maximum atomic E-state index is 12.9. The van der Waals surface area contributed by atoms with Crippen molar-refractivity contribution < 1.29 is 18.8 Å². The average molecular weight is 439 g/mol. The van der Waals surface area contributed by atoms with E-state index in [2.05, 4.69) is 0 Å². The lowest BCUT2D eigenvalue weighted by Crippen LogP contribution is -2.49. The molecule has 0 spiro atoms. The number of pyridine rings is 1. The molecule has 8 nitrogen and oxygen atoms in total. The van der Waals surface area contributed by atoms with Gasteiger partial charge in [-0.15, -0.1) is 0 Å². The molecule has 2 aromatic heterocycles. The lowest BCUT2D eigenvalue weighted by Gasteiger charge is -2.42. The van der Waals surface area contributed by atoms with Crippen molar-refractivity contribution in [2.24, 2.45) is 5.92 Å². The molecule has 2 fully saturated rings. The van der Waals surface area contributed by atoms with Gasteiger partial charge in [0.15, 0.2) is 0 Å². The van der Waals surface area contributed by atoms with Crippen LogP contribution in [0, 0.1) is 5.92 Å². The summed E-state index contributed by atoms with van der Waals surface area (Å²) in [7, 11) is 0. The van der Waals surface area contributed by atoms with Gasteiger partial charge in [-0.1, -0.05) is 6.07 Å². The molecule has 5 heterocycles. The van der Waals surface area contributed by atoms with Crippen LogP contribution in [0.5, 0.6) is 0 Å². The largest absolute Gasteiger partial charge is 0.465 e. The quantitative estimate of drug-likeness (QED) is 0.680. The van der Waals surface area contributed by atoms with Crippen molar-refractivity contribution in [2.75, 3.05) is 19.6 Å². The molecular formula is C22H21N3O5S. The molecule has 31 heavy (non-hydrogen) atoms. The lowest BCUT2D eigenvalue weighted by atomic mass is 9.83. The molecule has 2 unspecified atom stereocenters. The average Bonchev–Trinajstić information content (AvgIpc) is 3.35. The fourth-order valence-electron chi connectivity index (χ4n) is 4.66. The molecule has 0 aliphatic carbocycles. The fourth-order valence-corrected chi connectivity index (χ4v) is 5.51. The van der Waals surface area contributed by atoms with E-state index in [0.717, 1.165) is 28.8 Å². The first kappa shape index (κ1) is 19.9. The van der Waals surface area contributed by atoms with E-state index in [-0.39, 0.29) is 41.5 Å². The molecule has 2 saturated heterocycles. The molecule has 0 N–H and O–H groups in total.